The lowest BCUT2D eigenvalue weighted by molar-refractivity contribution is 0.0689. The number of aromatic nitrogens is 2. The topological polar surface area (TPSA) is 67.2 Å². The molecule has 0 bridgehead atoms. The summed E-state index contributed by atoms with van der Waals surface area (Å²) in [4.78, 5) is 11.1. The minimum Gasteiger partial charge on any atom is -0.476 e. The first-order valence-electron chi connectivity index (χ1n) is 8.68. The zero-order chi connectivity index (χ0) is 16.7. The van der Waals surface area contributed by atoms with Gasteiger partial charge in [-0.1, -0.05) is 24.3 Å². The number of hydrogen-bond donors (Lipinski definition) is 2. The molecule has 1 aromatic heterocycles. The van der Waals surface area contributed by atoms with Crippen LogP contribution in [-0.2, 0) is 20.0 Å². The van der Waals surface area contributed by atoms with Crippen molar-refractivity contribution in [2.75, 3.05) is 0 Å². The van der Waals surface area contributed by atoms with Gasteiger partial charge in [0.25, 0.3) is 0 Å². The summed E-state index contributed by atoms with van der Waals surface area (Å²) >= 11 is 0. The van der Waals surface area contributed by atoms with Crippen LogP contribution in [0.2, 0.25) is 0 Å². The van der Waals surface area contributed by atoms with Crippen LogP contribution in [0.15, 0.2) is 30.3 Å². The second-order valence-corrected chi connectivity index (χ2v) is 7.10. The average molecular weight is 325 g/mol. The first kappa shape index (κ1) is 15.4. The molecule has 0 saturated heterocycles. The van der Waals surface area contributed by atoms with E-state index in [4.69, 9.17) is 5.11 Å². The van der Waals surface area contributed by atoms with Crippen molar-refractivity contribution >= 4 is 5.97 Å². The quantitative estimate of drug-likeness (QED) is 0.887. The molecule has 1 atom stereocenters. The Morgan fingerprint density at radius 2 is 2.21 bits per heavy atom. The maximum absolute atomic E-state index is 11.1. The standard InChI is InChI=1S/C19H23N3O2/c1-22-14(11-17(21-22)18(23)24)12-20-19(9-10-19)16-8-4-6-13-5-2-3-7-15(13)16/h2-3,5,7,11,16,20H,4,6,8-10,12H2,1H3,(H,23,24). The molecule has 5 heteroatoms. The molecule has 0 radical (unpaired) electrons. The Labute approximate surface area is 141 Å². The third-order valence-electron chi connectivity index (χ3n) is 5.64. The molecule has 0 amide bonds. The van der Waals surface area contributed by atoms with Gasteiger partial charge < -0.3 is 10.4 Å². The second-order valence-electron chi connectivity index (χ2n) is 7.10. The van der Waals surface area contributed by atoms with E-state index in [0.717, 1.165) is 5.69 Å². The zero-order valence-electron chi connectivity index (χ0n) is 14.0. The molecule has 2 N–H and O–H groups in total. The highest BCUT2D eigenvalue weighted by Crippen LogP contribution is 2.52. The van der Waals surface area contributed by atoms with E-state index < -0.39 is 5.97 Å². The highest BCUT2D eigenvalue weighted by molar-refractivity contribution is 5.85. The van der Waals surface area contributed by atoms with Gasteiger partial charge in [0.15, 0.2) is 5.69 Å². The molecule has 2 aliphatic rings. The number of fused-ring (bicyclic) bond motifs is 1. The summed E-state index contributed by atoms with van der Waals surface area (Å²) in [6.45, 7) is 0.662. The highest BCUT2D eigenvalue weighted by Gasteiger charge is 2.50. The molecule has 0 aliphatic heterocycles. The fourth-order valence-corrected chi connectivity index (χ4v) is 4.15. The molecule has 2 aliphatic carbocycles. The van der Waals surface area contributed by atoms with Crippen molar-refractivity contribution in [2.24, 2.45) is 7.05 Å². The van der Waals surface area contributed by atoms with Crippen LogP contribution >= 0.6 is 0 Å². The van der Waals surface area contributed by atoms with Crippen molar-refractivity contribution in [3.63, 3.8) is 0 Å². The Bertz CT molecular complexity index is 777. The van der Waals surface area contributed by atoms with E-state index >= 15 is 0 Å². The lowest BCUT2D eigenvalue weighted by atomic mass is 9.77. The Balaban J connectivity index is 1.52. The number of hydrogen-bond acceptors (Lipinski definition) is 3. The molecule has 1 heterocycles. The van der Waals surface area contributed by atoms with Crippen molar-refractivity contribution in [2.45, 2.75) is 50.1 Å². The number of rotatable bonds is 5. The minimum absolute atomic E-state index is 0.113. The van der Waals surface area contributed by atoms with Crippen LogP contribution < -0.4 is 5.32 Å². The predicted octanol–water partition coefficient (Wildman–Crippen LogP) is 2.86. The lowest BCUT2D eigenvalue weighted by Gasteiger charge is -2.33. The molecular formula is C19H23N3O2. The van der Waals surface area contributed by atoms with Gasteiger partial charge in [0.2, 0.25) is 0 Å². The van der Waals surface area contributed by atoms with Gasteiger partial charge in [-0.3, -0.25) is 4.68 Å². The van der Waals surface area contributed by atoms with E-state index in [2.05, 4.69) is 34.7 Å². The Morgan fingerprint density at radius 3 is 2.92 bits per heavy atom. The molecule has 4 rings (SSSR count). The van der Waals surface area contributed by atoms with Gasteiger partial charge in [0, 0.05) is 25.0 Å². The van der Waals surface area contributed by atoms with E-state index in [-0.39, 0.29) is 11.2 Å². The Hall–Kier alpha value is -2.14. The molecule has 24 heavy (non-hydrogen) atoms. The van der Waals surface area contributed by atoms with Gasteiger partial charge in [-0.15, -0.1) is 0 Å². The van der Waals surface area contributed by atoms with Crippen LogP contribution in [0.4, 0.5) is 0 Å². The first-order chi connectivity index (χ1) is 11.6. The summed E-state index contributed by atoms with van der Waals surface area (Å²) in [5, 5.41) is 16.9. The normalized spacial score (nSPS) is 21.3. The van der Waals surface area contributed by atoms with Gasteiger partial charge in [0.1, 0.15) is 0 Å². The molecule has 126 valence electrons. The minimum atomic E-state index is -0.973. The summed E-state index contributed by atoms with van der Waals surface area (Å²) < 4.78 is 1.67. The van der Waals surface area contributed by atoms with E-state index in [0.29, 0.717) is 12.5 Å². The van der Waals surface area contributed by atoms with Gasteiger partial charge in [-0.2, -0.15) is 5.10 Å². The third-order valence-corrected chi connectivity index (χ3v) is 5.64. The summed E-state index contributed by atoms with van der Waals surface area (Å²) in [5.41, 5.74) is 4.20. The van der Waals surface area contributed by atoms with Crippen LogP contribution in [0.1, 0.15) is 58.9 Å². The maximum Gasteiger partial charge on any atom is 0.356 e. The molecule has 1 saturated carbocycles. The van der Waals surface area contributed by atoms with E-state index in [1.54, 1.807) is 17.8 Å². The van der Waals surface area contributed by atoms with Crippen LogP contribution in [0.25, 0.3) is 0 Å². The number of benzene rings is 1. The smallest absolute Gasteiger partial charge is 0.356 e. The number of carbonyl (C=O) groups is 1. The summed E-state index contributed by atoms with van der Waals surface area (Å²) in [6, 6.07) is 10.5. The summed E-state index contributed by atoms with van der Waals surface area (Å²) in [6.07, 6.45) is 6.05. The molecule has 0 spiro atoms. The maximum atomic E-state index is 11.1. The van der Waals surface area contributed by atoms with Gasteiger partial charge in [-0.05, 0) is 49.3 Å². The van der Waals surface area contributed by atoms with E-state index in [1.165, 1.54) is 43.2 Å². The van der Waals surface area contributed by atoms with E-state index in [9.17, 15) is 4.79 Å². The number of nitrogens with zero attached hydrogens (tertiary/aromatic N) is 2. The molecule has 5 nitrogen and oxygen atoms in total. The summed E-state index contributed by atoms with van der Waals surface area (Å²) in [5.74, 6) is -0.409. The van der Waals surface area contributed by atoms with Crippen molar-refractivity contribution in [1.29, 1.82) is 0 Å². The fourth-order valence-electron chi connectivity index (χ4n) is 4.15. The van der Waals surface area contributed by atoms with Gasteiger partial charge >= 0.3 is 5.97 Å². The fraction of sp³-hybridized carbons (Fsp3) is 0.474. The van der Waals surface area contributed by atoms with Crippen molar-refractivity contribution in [1.82, 2.24) is 15.1 Å². The zero-order valence-corrected chi connectivity index (χ0v) is 14.0. The van der Waals surface area contributed by atoms with Gasteiger partial charge in [-0.25, -0.2) is 4.79 Å². The van der Waals surface area contributed by atoms with Crippen molar-refractivity contribution in [3.8, 4) is 0 Å². The largest absolute Gasteiger partial charge is 0.476 e. The first-order valence-corrected chi connectivity index (χ1v) is 8.68. The van der Waals surface area contributed by atoms with Crippen LogP contribution in [0, 0.1) is 0 Å². The van der Waals surface area contributed by atoms with Crippen LogP contribution in [0.5, 0.6) is 0 Å². The number of carboxylic acid groups (broad SMARTS) is 1. The Kier molecular flexibility index (Phi) is 3.68. The van der Waals surface area contributed by atoms with Gasteiger partial charge in [0.05, 0.1) is 5.69 Å². The van der Waals surface area contributed by atoms with Crippen molar-refractivity contribution in [3.05, 3.63) is 52.8 Å². The SMILES string of the molecule is Cn1nc(C(=O)O)cc1CNC1(C2CCCc3ccccc32)CC1. The van der Waals surface area contributed by atoms with Crippen molar-refractivity contribution < 1.29 is 9.90 Å². The van der Waals surface area contributed by atoms with E-state index in [1.807, 2.05) is 0 Å². The van der Waals surface area contributed by atoms with Crippen LogP contribution in [0.3, 0.4) is 0 Å². The predicted molar refractivity (Wildman–Crippen MR) is 91.1 cm³/mol. The molecule has 2 aromatic rings. The number of carboxylic acids is 1. The lowest BCUT2D eigenvalue weighted by Crippen LogP contribution is -2.38. The van der Waals surface area contributed by atoms with Crippen LogP contribution in [-0.4, -0.2) is 26.4 Å². The molecule has 1 aromatic carbocycles. The number of aryl methyl sites for hydroxylation is 2. The second kappa shape index (κ2) is 5.74. The number of aromatic carboxylic acids is 1. The Morgan fingerprint density at radius 1 is 1.42 bits per heavy atom. The summed E-state index contributed by atoms with van der Waals surface area (Å²) in [7, 11) is 1.80. The number of nitrogens with one attached hydrogen (secondary N) is 1. The molecular weight excluding hydrogens is 302 g/mol. The average Bonchev–Trinajstić information content (AvgIpc) is 3.28. The molecule has 1 fully saturated rings. The monoisotopic (exact) mass is 325 g/mol. The third kappa shape index (κ3) is 2.63. The molecule has 1 unspecified atom stereocenters. The highest BCUT2D eigenvalue weighted by atomic mass is 16.4.